The lowest BCUT2D eigenvalue weighted by Crippen LogP contribution is -2.15. The molecule has 0 aliphatic carbocycles. The number of halogens is 1. The van der Waals surface area contributed by atoms with Crippen molar-refractivity contribution in [1.82, 2.24) is 9.97 Å². The number of benzene rings is 1. The number of carbonyl (C=O) groups excluding carboxylic acids is 1. The van der Waals surface area contributed by atoms with E-state index in [1.54, 1.807) is 18.2 Å². The van der Waals surface area contributed by atoms with Gasteiger partial charge in [-0.2, -0.15) is 0 Å². The van der Waals surface area contributed by atoms with Crippen molar-refractivity contribution in [2.45, 2.75) is 0 Å². The molecule has 1 aromatic heterocycles. The SMILES string of the molecule is Nc1cccc(Cl)c1C(=O)Nc1cnccn1. The smallest absolute Gasteiger partial charge is 0.260 e. The van der Waals surface area contributed by atoms with Crippen LogP contribution in [0.5, 0.6) is 0 Å². The fraction of sp³-hybridized carbons (Fsp3) is 0. The largest absolute Gasteiger partial charge is 0.398 e. The fourth-order valence-electron chi connectivity index (χ4n) is 1.32. The molecule has 86 valence electrons. The van der Waals surface area contributed by atoms with Gasteiger partial charge in [0.25, 0.3) is 5.91 Å². The molecule has 0 saturated heterocycles. The quantitative estimate of drug-likeness (QED) is 0.796. The summed E-state index contributed by atoms with van der Waals surface area (Å²) < 4.78 is 0. The average Bonchev–Trinajstić information content (AvgIpc) is 2.30. The summed E-state index contributed by atoms with van der Waals surface area (Å²) >= 11 is 5.91. The highest BCUT2D eigenvalue weighted by Gasteiger charge is 2.14. The van der Waals surface area contributed by atoms with Crippen molar-refractivity contribution in [3.05, 3.63) is 47.4 Å². The van der Waals surface area contributed by atoms with E-state index in [1.165, 1.54) is 18.6 Å². The molecule has 1 aromatic carbocycles. The van der Waals surface area contributed by atoms with Crippen LogP contribution >= 0.6 is 11.6 Å². The van der Waals surface area contributed by atoms with Gasteiger partial charge in [-0.3, -0.25) is 9.78 Å². The summed E-state index contributed by atoms with van der Waals surface area (Å²) in [6.07, 6.45) is 4.43. The van der Waals surface area contributed by atoms with Gasteiger partial charge < -0.3 is 11.1 Å². The number of hydrogen-bond acceptors (Lipinski definition) is 4. The number of nitrogen functional groups attached to an aromatic ring is 1. The summed E-state index contributed by atoms with van der Waals surface area (Å²) in [4.78, 5) is 19.7. The van der Waals surface area contributed by atoms with Gasteiger partial charge in [-0.25, -0.2) is 4.98 Å². The van der Waals surface area contributed by atoms with E-state index in [4.69, 9.17) is 17.3 Å². The van der Waals surface area contributed by atoms with Crippen molar-refractivity contribution < 1.29 is 4.79 Å². The number of nitrogens with one attached hydrogen (secondary N) is 1. The Morgan fingerprint density at radius 2 is 2.18 bits per heavy atom. The molecule has 0 spiro atoms. The zero-order valence-corrected chi connectivity index (χ0v) is 9.48. The van der Waals surface area contributed by atoms with Crippen molar-refractivity contribution in [3.63, 3.8) is 0 Å². The minimum Gasteiger partial charge on any atom is -0.398 e. The number of anilines is 2. The molecule has 1 amide bonds. The van der Waals surface area contributed by atoms with Gasteiger partial charge in [0.05, 0.1) is 16.8 Å². The molecule has 0 fully saturated rings. The van der Waals surface area contributed by atoms with E-state index in [-0.39, 0.29) is 5.56 Å². The first-order chi connectivity index (χ1) is 8.18. The highest BCUT2D eigenvalue weighted by molar-refractivity contribution is 6.35. The average molecular weight is 249 g/mol. The third-order valence-corrected chi connectivity index (χ3v) is 2.39. The molecule has 1 heterocycles. The number of carbonyl (C=O) groups is 1. The van der Waals surface area contributed by atoms with Gasteiger partial charge in [0.1, 0.15) is 0 Å². The molecule has 0 saturated carbocycles. The maximum atomic E-state index is 11.9. The fourth-order valence-corrected chi connectivity index (χ4v) is 1.59. The van der Waals surface area contributed by atoms with E-state index in [9.17, 15) is 4.79 Å². The van der Waals surface area contributed by atoms with E-state index < -0.39 is 5.91 Å². The van der Waals surface area contributed by atoms with Crippen LogP contribution in [0.1, 0.15) is 10.4 Å². The van der Waals surface area contributed by atoms with Crippen LogP contribution in [0.25, 0.3) is 0 Å². The highest BCUT2D eigenvalue weighted by Crippen LogP contribution is 2.22. The molecule has 0 radical (unpaired) electrons. The lowest BCUT2D eigenvalue weighted by molar-refractivity contribution is 0.102. The third-order valence-electron chi connectivity index (χ3n) is 2.08. The van der Waals surface area contributed by atoms with Gasteiger partial charge in [-0.15, -0.1) is 0 Å². The molecule has 17 heavy (non-hydrogen) atoms. The second-order valence-corrected chi connectivity index (χ2v) is 3.66. The lowest BCUT2D eigenvalue weighted by atomic mass is 10.1. The predicted octanol–water partition coefficient (Wildman–Crippen LogP) is 1.96. The Morgan fingerprint density at radius 3 is 2.82 bits per heavy atom. The molecular weight excluding hydrogens is 240 g/mol. The van der Waals surface area contributed by atoms with Crippen LogP contribution in [0.15, 0.2) is 36.8 Å². The first-order valence-electron chi connectivity index (χ1n) is 4.80. The van der Waals surface area contributed by atoms with Gasteiger partial charge in [-0.1, -0.05) is 17.7 Å². The summed E-state index contributed by atoms with van der Waals surface area (Å²) in [5.74, 6) is -0.0644. The van der Waals surface area contributed by atoms with Gasteiger partial charge in [0, 0.05) is 18.1 Å². The second-order valence-electron chi connectivity index (χ2n) is 3.25. The summed E-state index contributed by atoms with van der Waals surface area (Å²) in [6.45, 7) is 0. The van der Waals surface area contributed by atoms with E-state index in [0.29, 0.717) is 16.5 Å². The molecule has 2 rings (SSSR count). The van der Waals surface area contributed by atoms with Gasteiger partial charge in [0.2, 0.25) is 0 Å². The summed E-state index contributed by atoms with van der Waals surface area (Å²) in [7, 11) is 0. The second kappa shape index (κ2) is 4.80. The Labute approximate surface area is 103 Å². The predicted molar refractivity (Wildman–Crippen MR) is 65.8 cm³/mol. The zero-order chi connectivity index (χ0) is 12.3. The molecule has 0 aliphatic rings. The molecule has 6 heteroatoms. The third kappa shape index (κ3) is 2.51. The molecule has 0 bridgehead atoms. The molecule has 3 N–H and O–H groups in total. The Balaban J connectivity index is 2.27. The Hall–Kier alpha value is -2.14. The number of amides is 1. The normalized spacial score (nSPS) is 9.94. The Kier molecular flexibility index (Phi) is 3.20. The maximum absolute atomic E-state index is 11.9. The lowest BCUT2D eigenvalue weighted by Gasteiger charge is -2.07. The summed E-state index contributed by atoms with van der Waals surface area (Å²) in [5, 5.41) is 2.86. The van der Waals surface area contributed by atoms with Gasteiger partial charge in [-0.05, 0) is 12.1 Å². The topological polar surface area (TPSA) is 80.9 Å². The van der Waals surface area contributed by atoms with Gasteiger partial charge >= 0.3 is 0 Å². The number of rotatable bonds is 2. The number of aromatic nitrogens is 2. The van der Waals surface area contributed by atoms with E-state index in [0.717, 1.165) is 0 Å². The molecule has 0 aliphatic heterocycles. The minimum absolute atomic E-state index is 0.236. The summed E-state index contributed by atoms with van der Waals surface area (Å²) in [5.41, 5.74) is 6.25. The van der Waals surface area contributed by atoms with Gasteiger partial charge in [0.15, 0.2) is 5.82 Å². The molecule has 0 unspecified atom stereocenters. The Morgan fingerprint density at radius 1 is 1.35 bits per heavy atom. The number of nitrogens with two attached hydrogens (primary N) is 1. The van der Waals surface area contributed by atoms with Crippen LogP contribution in [0, 0.1) is 0 Å². The zero-order valence-electron chi connectivity index (χ0n) is 8.72. The molecule has 2 aromatic rings. The first kappa shape index (κ1) is 11.3. The van der Waals surface area contributed by atoms with Crippen molar-refractivity contribution in [2.75, 3.05) is 11.1 Å². The van der Waals surface area contributed by atoms with Crippen molar-refractivity contribution in [3.8, 4) is 0 Å². The monoisotopic (exact) mass is 248 g/mol. The van der Waals surface area contributed by atoms with Crippen LogP contribution in [0.3, 0.4) is 0 Å². The van der Waals surface area contributed by atoms with Crippen LogP contribution < -0.4 is 11.1 Å². The molecule has 0 atom stereocenters. The Bertz CT molecular complexity index is 524. The van der Waals surface area contributed by atoms with E-state index in [2.05, 4.69) is 15.3 Å². The first-order valence-corrected chi connectivity index (χ1v) is 5.17. The molecule has 5 nitrogen and oxygen atoms in total. The highest BCUT2D eigenvalue weighted by atomic mass is 35.5. The van der Waals surface area contributed by atoms with Crippen molar-refractivity contribution in [2.24, 2.45) is 0 Å². The number of nitrogens with zero attached hydrogens (tertiary/aromatic N) is 2. The minimum atomic E-state index is -0.409. The van der Waals surface area contributed by atoms with Crippen molar-refractivity contribution >= 4 is 29.0 Å². The van der Waals surface area contributed by atoms with E-state index in [1.807, 2.05) is 0 Å². The molecular formula is C11H9ClN4O. The number of hydrogen-bond donors (Lipinski definition) is 2. The maximum Gasteiger partial charge on any atom is 0.260 e. The van der Waals surface area contributed by atoms with Crippen molar-refractivity contribution in [1.29, 1.82) is 0 Å². The standard InChI is InChI=1S/C11H9ClN4O/c12-7-2-1-3-8(13)10(7)11(17)16-9-6-14-4-5-15-9/h1-6H,13H2,(H,15,16,17). The van der Waals surface area contributed by atoms with Crippen LogP contribution in [0.4, 0.5) is 11.5 Å². The summed E-state index contributed by atoms with van der Waals surface area (Å²) in [6, 6.07) is 4.89. The van der Waals surface area contributed by atoms with E-state index >= 15 is 0 Å². The van der Waals surface area contributed by atoms with Crippen LogP contribution in [-0.2, 0) is 0 Å². The van der Waals surface area contributed by atoms with Crippen LogP contribution in [-0.4, -0.2) is 15.9 Å². The van der Waals surface area contributed by atoms with Crippen LogP contribution in [0.2, 0.25) is 5.02 Å².